The van der Waals surface area contributed by atoms with E-state index in [9.17, 15) is 4.79 Å². The van der Waals surface area contributed by atoms with Crippen LogP contribution >= 0.6 is 0 Å². The van der Waals surface area contributed by atoms with Crippen molar-refractivity contribution < 1.29 is 4.79 Å². The number of carbonyl (C=O) groups excluding carboxylic acids is 1. The van der Waals surface area contributed by atoms with E-state index in [-0.39, 0.29) is 11.3 Å². The van der Waals surface area contributed by atoms with Crippen LogP contribution in [0, 0.1) is 6.92 Å². The maximum Gasteiger partial charge on any atom is 0.256 e. The number of amides is 1. The van der Waals surface area contributed by atoms with Gasteiger partial charge in [-0.05, 0) is 47.7 Å². The fourth-order valence-corrected chi connectivity index (χ4v) is 2.61. The normalized spacial score (nSPS) is 11.4. The molecule has 25 heavy (non-hydrogen) atoms. The number of hydrogen-bond acceptors (Lipinski definition) is 2. The summed E-state index contributed by atoms with van der Waals surface area (Å²) in [5.74, 6) is 0.376. The number of aromatic nitrogens is 2. The molecule has 2 aromatic carbocycles. The van der Waals surface area contributed by atoms with Gasteiger partial charge in [0.1, 0.15) is 0 Å². The van der Waals surface area contributed by atoms with Crippen LogP contribution in [0.4, 0.5) is 5.82 Å². The highest BCUT2D eigenvalue weighted by Gasteiger charge is 2.14. The van der Waals surface area contributed by atoms with Crippen LogP contribution in [0.1, 0.15) is 42.3 Å². The van der Waals surface area contributed by atoms with Gasteiger partial charge in [0.15, 0.2) is 5.82 Å². The predicted molar refractivity (Wildman–Crippen MR) is 101 cm³/mol. The van der Waals surface area contributed by atoms with Crippen molar-refractivity contribution in [1.29, 1.82) is 0 Å². The van der Waals surface area contributed by atoms with Gasteiger partial charge < -0.3 is 5.32 Å². The maximum absolute atomic E-state index is 12.4. The number of nitrogens with one attached hydrogen (secondary N) is 1. The fraction of sp³-hybridized carbons (Fsp3) is 0.238. The van der Waals surface area contributed by atoms with Crippen LogP contribution in [-0.2, 0) is 5.41 Å². The molecule has 0 bridgehead atoms. The third kappa shape index (κ3) is 3.97. The number of nitrogens with zero attached hydrogens (tertiary/aromatic N) is 2. The Morgan fingerprint density at radius 3 is 2.40 bits per heavy atom. The van der Waals surface area contributed by atoms with Crippen LogP contribution < -0.4 is 5.32 Å². The highest BCUT2D eigenvalue weighted by molar-refractivity contribution is 6.03. The molecule has 0 aliphatic heterocycles. The SMILES string of the molecule is Cc1cccc(-n2ccc(NC(=O)c3ccc(C(C)(C)C)cc3)n2)c1. The summed E-state index contributed by atoms with van der Waals surface area (Å²) in [7, 11) is 0. The van der Waals surface area contributed by atoms with Crippen LogP contribution in [0.25, 0.3) is 5.69 Å². The molecular weight excluding hydrogens is 310 g/mol. The molecule has 0 saturated carbocycles. The standard InChI is InChI=1S/C21H23N3O/c1-15-6-5-7-18(14-15)24-13-12-19(23-24)22-20(25)16-8-10-17(11-9-16)21(2,3)4/h5-14H,1-4H3,(H,22,23,25). The molecule has 1 amide bonds. The van der Waals surface area contributed by atoms with Crippen molar-refractivity contribution in [1.82, 2.24) is 9.78 Å². The van der Waals surface area contributed by atoms with Crippen molar-refractivity contribution in [3.8, 4) is 5.69 Å². The average molecular weight is 333 g/mol. The van der Waals surface area contributed by atoms with E-state index >= 15 is 0 Å². The quantitative estimate of drug-likeness (QED) is 0.753. The summed E-state index contributed by atoms with van der Waals surface area (Å²) in [5.41, 5.74) is 4.03. The zero-order valence-corrected chi connectivity index (χ0v) is 15.1. The van der Waals surface area contributed by atoms with E-state index in [0.717, 1.165) is 11.3 Å². The molecule has 0 unspecified atom stereocenters. The molecule has 1 N–H and O–H groups in total. The number of aryl methyl sites for hydroxylation is 1. The summed E-state index contributed by atoms with van der Waals surface area (Å²) in [6, 6.07) is 17.6. The van der Waals surface area contributed by atoms with E-state index in [1.54, 1.807) is 10.7 Å². The summed E-state index contributed by atoms with van der Waals surface area (Å²) in [5, 5.41) is 7.28. The van der Waals surface area contributed by atoms with Crippen molar-refractivity contribution >= 4 is 11.7 Å². The third-order valence-corrected chi connectivity index (χ3v) is 4.11. The first-order valence-corrected chi connectivity index (χ1v) is 8.37. The van der Waals surface area contributed by atoms with Crippen LogP contribution in [0.2, 0.25) is 0 Å². The third-order valence-electron chi connectivity index (χ3n) is 4.11. The number of rotatable bonds is 3. The lowest BCUT2D eigenvalue weighted by atomic mass is 9.87. The molecule has 1 heterocycles. The van der Waals surface area contributed by atoms with Gasteiger partial charge in [0, 0.05) is 17.8 Å². The molecule has 4 nitrogen and oxygen atoms in total. The Morgan fingerprint density at radius 2 is 1.76 bits per heavy atom. The summed E-state index contributed by atoms with van der Waals surface area (Å²) >= 11 is 0. The van der Waals surface area contributed by atoms with E-state index in [2.05, 4.69) is 31.2 Å². The molecule has 1 aromatic heterocycles. The zero-order valence-electron chi connectivity index (χ0n) is 15.1. The monoisotopic (exact) mass is 333 g/mol. The molecule has 3 rings (SSSR count). The van der Waals surface area contributed by atoms with Crippen molar-refractivity contribution in [2.75, 3.05) is 5.32 Å². The van der Waals surface area contributed by atoms with Gasteiger partial charge in [-0.2, -0.15) is 5.10 Å². The minimum atomic E-state index is -0.157. The van der Waals surface area contributed by atoms with E-state index in [1.165, 1.54) is 5.56 Å². The van der Waals surface area contributed by atoms with Gasteiger partial charge in [-0.1, -0.05) is 45.0 Å². The lowest BCUT2D eigenvalue weighted by molar-refractivity contribution is 0.102. The van der Waals surface area contributed by atoms with Crippen molar-refractivity contribution in [2.45, 2.75) is 33.1 Å². The molecule has 0 spiro atoms. The molecule has 0 fully saturated rings. The Balaban J connectivity index is 1.73. The van der Waals surface area contributed by atoms with Crippen LogP contribution in [0.3, 0.4) is 0 Å². The van der Waals surface area contributed by atoms with Crippen molar-refractivity contribution in [3.05, 3.63) is 77.5 Å². The second-order valence-corrected chi connectivity index (χ2v) is 7.27. The van der Waals surface area contributed by atoms with E-state index in [1.807, 2.05) is 61.7 Å². The van der Waals surface area contributed by atoms with Crippen LogP contribution in [0.5, 0.6) is 0 Å². The molecule has 0 atom stereocenters. The second kappa shape index (κ2) is 6.55. The van der Waals surface area contributed by atoms with Crippen LogP contribution in [-0.4, -0.2) is 15.7 Å². The molecule has 0 aliphatic rings. The van der Waals surface area contributed by atoms with E-state index in [0.29, 0.717) is 11.4 Å². The fourth-order valence-electron chi connectivity index (χ4n) is 2.61. The van der Waals surface area contributed by atoms with Gasteiger partial charge in [-0.3, -0.25) is 4.79 Å². The first kappa shape index (κ1) is 17.0. The number of carbonyl (C=O) groups is 1. The molecule has 0 radical (unpaired) electrons. The average Bonchev–Trinajstić information content (AvgIpc) is 3.03. The van der Waals surface area contributed by atoms with Gasteiger partial charge in [0.05, 0.1) is 5.69 Å². The molecular formula is C21H23N3O. The van der Waals surface area contributed by atoms with Gasteiger partial charge in [0.25, 0.3) is 5.91 Å². The van der Waals surface area contributed by atoms with Gasteiger partial charge in [-0.25, -0.2) is 4.68 Å². The minimum Gasteiger partial charge on any atom is -0.305 e. The largest absolute Gasteiger partial charge is 0.305 e. The topological polar surface area (TPSA) is 46.9 Å². The smallest absolute Gasteiger partial charge is 0.256 e. The van der Waals surface area contributed by atoms with Gasteiger partial charge in [-0.15, -0.1) is 0 Å². The van der Waals surface area contributed by atoms with Crippen LogP contribution in [0.15, 0.2) is 60.8 Å². The second-order valence-electron chi connectivity index (χ2n) is 7.27. The molecule has 4 heteroatoms. The molecule has 0 aliphatic carbocycles. The molecule has 3 aromatic rings. The minimum absolute atomic E-state index is 0.0710. The Kier molecular flexibility index (Phi) is 4.45. The maximum atomic E-state index is 12.4. The predicted octanol–water partition coefficient (Wildman–Crippen LogP) is 4.73. The molecule has 128 valence electrons. The first-order chi connectivity index (χ1) is 11.8. The van der Waals surface area contributed by atoms with E-state index in [4.69, 9.17) is 0 Å². The lowest BCUT2D eigenvalue weighted by Gasteiger charge is -2.18. The summed E-state index contributed by atoms with van der Waals surface area (Å²) in [6.45, 7) is 8.50. The van der Waals surface area contributed by atoms with Gasteiger partial charge in [0.2, 0.25) is 0 Å². The number of anilines is 1. The van der Waals surface area contributed by atoms with Gasteiger partial charge >= 0.3 is 0 Å². The Morgan fingerprint density at radius 1 is 1.04 bits per heavy atom. The lowest BCUT2D eigenvalue weighted by Crippen LogP contribution is -2.14. The van der Waals surface area contributed by atoms with Crippen molar-refractivity contribution in [3.63, 3.8) is 0 Å². The highest BCUT2D eigenvalue weighted by atomic mass is 16.1. The number of hydrogen-bond donors (Lipinski definition) is 1. The van der Waals surface area contributed by atoms with E-state index < -0.39 is 0 Å². The Bertz CT molecular complexity index is 886. The number of benzene rings is 2. The zero-order chi connectivity index (χ0) is 18.0. The summed E-state index contributed by atoms with van der Waals surface area (Å²) in [6.07, 6.45) is 1.84. The summed E-state index contributed by atoms with van der Waals surface area (Å²) in [4.78, 5) is 12.4. The molecule has 0 saturated heterocycles. The highest BCUT2D eigenvalue weighted by Crippen LogP contribution is 2.22. The first-order valence-electron chi connectivity index (χ1n) is 8.37. The van der Waals surface area contributed by atoms with Crippen molar-refractivity contribution in [2.24, 2.45) is 0 Å². The Hall–Kier alpha value is -2.88. The Labute approximate surface area is 148 Å². The summed E-state index contributed by atoms with van der Waals surface area (Å²) < 4.78 is 1.76.